The summed E-state index contributed by atoms with van der Waals surface area (Å²) in [7, 11) is -0.629. The van der Waals surface area contributed by atoms with Crippen LogP contribution in [0.4, 0.5) is 11.4 Å². The molecular weight excluding hydrogens is 570 g/mol. The van der Waals surface area contributed by atoms with Gasteiger partial charge in [0.2, 0.25) is 0 Å². The lowest BCUT2D eigenvalue weighted by molar-refractivity contribution is 0.00578. The van der Waals surface area contributed by atoms with Crippen LogP contribution in [0.5, 0.6) is 0 Å². The molecule has 0 radical (unpaired) electrons. The molecule has 2 aliphatic rings. The van der Waals surface area contributed by atoms with Crippen molar-refractivity contribution in [2.45, 2.75) is 84.3 Å². The van der Waals surface area contributed by atoms with E-state index in [1.807, 2.05) is 66.9 Å². The minimum atomic E-state index is -0.327. The molecule has 6 nitrogen and oxygen atoms in total. The summed E-state index contributed by atoms with van der Waals surface area (Å²) < 4.78 is 24.3. The molecule has 2 fully saturated rings. The molecule has 2 aliphatic heterocycles. The number of anilines is 1. The van der Waals surface area contributed by atoms with Crippen molar-refractivity contribution in [1.29, 1.82) is 0 Å². The molecule has 0 amide bonds. The van der Waals surface area contributed by atoms with Gasteiger partial charge in [-0.2, -0.15) is 0 Å². The van der Waals surface area contributed by atoms with E-state index >= 15 is 0 Å². The Morgan fingerprint density at radius 3 is 1.41 bits per heavy atom. The topological polar surface area (TPSA) is 61.3 Å². The second kappa shape index (κ2) is 13.6. The number of nitrogens with one attached hydrogen (secondary N) is 1. The molecule has 8 heteroatoms. The Balaban J connectivity index is 0.000000181. The second-order valence-corrected chi connectivity index (χ2v) is 13.9. The van der Waals surface area contributed by atoms with Crippen LogP contribution in [0.15, 0.2) is 114 Å². The maximum Gasteiger partial charge on any atom is 0.494 e. The molecule has 0 atom stereocenters. The van der Waals surface area contributed by atoms with Crippen LogP contribution in [0, 0.1) is 0 Å². The monoisotopic (exact) mass is 616 g/mol. The zero-order chi connectivity index (χ0) is 33.0. The minimum absolute atomic E-state index is 0.303. The summed E-state index contributed by atoms with van der Waals surface area (Å²) in [6.45, 7) is 17.3. The van der Waals surface area contributed by atoms with Gasteiger partial charge in [0.1, 0.15) is 0 Å². The Kier molecular flexibility index (Phi) is 9.95. The van der Waals surface area contributed by atoms with Crippen molar-refractivity contribution in [3.8, 4) is 0 Å². The normalized spacial score (nSPS) is 19.1. The highest BCUT2D eigenvalue weighted by Crippen LogP contribution is 2.37. The Labute approximate surface area is 275 Å². The molecule has 1 N–H and O–H groups in total. The van der Waals surface area contributed by atoms with Crippen LogP contribution in [0.2, 0.25) is 0 Å². The summed E-state index contributed by atoms with van der Waals surface area (Å²) in [6.07, 6.45) is 1.86. The fraction of sp³-hybridized carbons (Fsp3) is 0.342. The maximum atomic E-state index is 6.08. The van der Waals surface area contributed by atoms with E-state index in [0.29, 0.717) is 0 Å². The predicted octanol–water partition coefficient (Wildman–Crippen LogP) is 7.33. The van der Waals surface area contributed by atoms with E-state index in [9.17, 15) is 0 Å². The van der Waals surface area contributed by atoms with Crippen molar-refractivity contribution in [2.24, 2.45) is 4.99 Å². The Morgan fingerprint density at radius 1 is 0.543 bits per heavy atom. The highest BCUT2D eigenvalue weighted by molar-refractivity contribution is 6.62. The van der Waals surface area contributed by atoms with Crippen LogP contribution in [-0.4, -0.2) is 42.9 Å². The second-order valence-electron chi connectivity index (χ2n) is 13.9. The van der Waals surface area contributed by atoms with Gasteiger partial charge in [-0.05, 0) is 102 Å². The van der Waals surface area contributed by atoms with Crippen molar-refractivity contribution in [3.63, 3.8) is 0 Å². The quantitative estimate of drug-likeness (QED) is 0.174. The fourth-order valence-corrected chi connectivity index (χ4v) is 4.92. The Morgan fingerprint density at radius 2 is 0.957 bits per heavy atom. The highest BCUT2D eigenvalue weighted by atomic mass is 16.7. The highest BCUT2D eigenvalue weighted by Gasteiger charge is 2.52. The summed E-state index contributed by atoms with van der Waals surface area (Å²) in [4.78, 5) is 4.49. The van der Waals surface area contributed by atoms with Crippen molar-refractivity contribution in [2.75, 3.05) is 5.32 Å². The molecular formula is C38H46B2N2O4. The SMILES string of the molecule is CC1(C)OB(c2ccc(N=Cc3ccccc3)cc2)OC1(C)C.CC1(C)OB(c2ccc(NCc3ccccc3)cc2)OC1(C)C. The number of nitrogens with zero attached hydrogens (tertiary/aromatic N) is 1. The zero-order valence-corrected chi connectivity index (χ0v) is 28.4. The van der Waals surface area contributed by atoms with Gasteiger partial charge in [-0.15, -0.1) is 0 Å². The number of rotatable bonds is 7. The van der Waals surface area contributed by atoms with E-state index in [0.717, 1.165) is 34.4 Å². The van der Waals surface area contributed by atoms with Crippen molar-refractivity contribution in [3.05, 3.63) is 120 Å². The first-order chi connectivity index (χ1) is 21.7. The maximum absolute atomic E-state index is 6.08. The molecule has 46 heavy (non-hydrogen) atoms. The molecule has 238 valence electrons. The van der Waals surface area contributed by atoms with Crippen LogP contribution in [0.3, 0.4) is 0 Å². The Bertz CT molecular complexity index is 1560. The molecule has 0 aliphatic carbocycles. The first-order valence-electron chi connectivity index (χ1n) is 16.0. The van der Waals surface area contributed by atoms with Gasteiger partial charge in [0.25, 0.3) is 0 Å². The van der Waals surface area contributed by atoms with Crippen molar-refractivity contribution >= 4 is 42.8 Å². The minimum Gasteiger partial charge on any atom is -0.399 e. The van der Waals surface area contributed by atoms with Crippen LogP contribution in [-0.2, 0) is 25.2 Å². The lowest BCUT2D eigenvalue weighted by Gasteiger charge is -2.32. The number of hydrogen-bond acceptors (Lipinski definition) is 6. The van der Waals surface area contributed by atoms with Gasteiger partial charge in [-0.3, -0.25) is 4.99 Å². The van der Waals surface area contributed by atoms with Crippen LogP contribution < -0.4 is 16.2 Å². The summed E-state index contributed by atoms with van der Waals surface area (Å²) in [5, 5.41) is 3.43. The van der Waals surface area contributed by atoms with E-state index in [1.165, 1.54) is 5.56 Å². The van der Waals surface area contributed by atoms with Gasteiger partial charge < -0.3 is 23.9 Å². The third-order valence-corrected chi connectivity index (χ3v) is 9.36. The van der Waals surface area contributed by atoms with Gasteiger partial charge >= 0.3 is 14.2 Å². The molecule has 6 rings (SSSR count). The third-order valence-electron chi connectivity index (χ3n) is 9.36. The average Bonchev–Trinajstić information content (AvgIpc) is 3.40. The summed E-state index contributed by atoms with van der Waals surface area (Å²) >= 11 is 0. The van der Waals surface area contributed by atoms with Crippen LogP contribution >= 0.6 is 0 Å². The number of hydrogen-bond donors (Lipinski definition) is 1. The molecule has 2 heterocycles. The third kappa shape index (κ3) is 7.99. The van der Waals surface area contributed by atoms with Gasteiger partial charge in [0.15, 0.2) is 0 Å². The molecule has 0 aromatic heterocycles. The predicted molar refractivity (Wildman–Crippen MR) is 192 cm³/mol. The average molecular weight is 616 g/mol. The number of benzene rings is 4. The first kappa shape index (κ1) is 33.7. The largest absolute Gasteiger partial charge is 0.494 e. The molecule has 2 saturated heterocycles. The molecule has 4 aromatic carbocycles. The molecule has 0 spiro atoms. The Hall–Kier alpha value is -3.68. The molecule has 4 aromatic rings. The van der Waals surface area contributed by atoms with Crippen LogP contribution in [0.1, 0.15) is 66.5 Å². The van der Waals surface area contributed by atoms with Crippen molar-refractivity contribution in [1.82, 2.24) is 0 Å². The van der Waals surface area contributed by atoms with Gasteiger partial charge in [0.05, 0.1) is 28.1 Å². The molecule has 0 saturated carbocycles. The van der Waals surface area contributed by atoms with E-state index in [-0.39, 0.29) is 36.6 Å². The zero-order valence-electron chi connectivity index (χ0n) is 28.4. The lowest BCUT2D eigenvalue weighted by atomic mass is 9.79. The van der Waals surface area contributed by atoms with E-state index in [2.05, 4.69) is 114 Å². The number of aliphatic imine (C=N–C) groups is 1. The molecule has 0 unspecified atom stereocenters. The molecule has 0 bridgehead atoms. The van der Waals surface area contributed by atoms with Gasteiger partial charge in [-0.25, -0.2) is 0 Å². The van der Waals surface area contributed by atoms with E-state index < -0.39 is 0 Å². The lowest BCUT2D eigenvalue weighted by Crippen LogP contribution is -2.41. The summed E-state index contributed by atoms with van der Waals surface area (Å²) in [5.41, 5.74) is 5.18. The van der Waals surface area contributed by atoms with Gasteiger partial charge in [0, 0.05) is 18.4 Å². The van der Waals surface area contributed by atoms with Crippen LogP contribution in [0.25, 0.3) is 0 Å². The van der Waals surface area contributed by atoms with Gasteiger partial charge in [-0.1, -0.05) is 84.9 Å². The standard InChI is InChI=1S/C19H24BNO2.C19H22BNO2/c2*1-18(2)19(3,4)23-20(22-18)16-10-12-17(13-11-16)21-14-15-8-6-5-7-9-15/h5-13,21H,14H2,1-4H3;5-14H,1-4H3. The first-order valence-corrected chi connectivity index (χ1v) is 16.0. The summed E-state index contributed by atoms with van der Waals surface area (Å²) in [5.74, 6) is 0. The smallest absolute Gasteiger partial charge is 0.399 e. The van der Waals surface area contributed by atoms with E-state index in [1.54, 1.807) is 0 Å². The summed E-state index contributed by atoms with van der Waals surface area (Å²) in [6, 6.07) is 36.7. The van der Waals surface area contributed by atoms with E-state index in [4.69, 9.17) is 18.6 Å². The van der Waals surface area contributed by atoms with Crippen molar-refractivity contribution < 1.29 is 18.6 Å². The fourth-order valence-electron chi connectivity index (χ4n) is 4.92.